The molecule has 0 spiro atoms. The van der Waals surface area contributed by atoms with E-state index in [4.69, 9.17) is 4.74 Å². The van der Waals surface area contributed by atoms with E-state index in [-0.39, 0.29) is 18.1 Å². The summed E-state index contributed by atoms with van der Waals surface area (Å²) >= 11 is 0. The van der Waals surface area contributed by atoms with Crippen LogP contribution in [0.15, 0.2) is 72.9 Å². The second-order valence-electron chi connectivity index (χ2n) is 6.77. The molecule has 0 aliphatic carbocycles. The van der Waals surface area contributed by atoms with Crippen molar-refractivity contribution < 1.29 is 14.6 Å². The molecule has 5 nitrogen and oxygen atoms in total. The van der Waals surface area contributed by atoms with Crippen LogP contribution in [0.1, 0.15) is 30.0 Å². The summed E-state index contributed by atoms with van der Waals surface area (Å²) in [5, 5.41) is 10.9. The standard InChI is InChI=1S/C24H26N2O3/c1-2-29-22(27)14-13-21-15-16-25-24(23(21)28)26(17-19-9-5-3-6-10-19)18-20-11-7-4-8-12-20/h3-12,15-16,28H,2,13-14,17-18H2,1H3. The van der Waals surface area contributed by atoms with Gasteiger partial charge in [0.15, 0.2) is 11.6 Å². The Labute approximate surface area is 171 Å². The van der Waals surface area contributed by atoms with Crippen LogP contribution in [0.2, 0.25) is 0 Å². The van der Waals surface area contributed by atoms with Gasteiger partial charge in [0.05, 0.1) is 6.61 Å². The number of ether oxygens (including phenoxy) is 1. The molecule has 1 heterocycles. The number of aryl methyl sites for hydroxylation is 1. The smallest absolute Gasteiger partial charge is 0.306 e. The number of hydrogen-bond acceptors (Lipinski definition) is 5. The molecule has 0 aliphatic heterocycles. The largest absolute Gasteiger partial charge is 0.504 e. The number of carbonyl (C=O) groups excluding carboxylic acids is 1. The van der Waals surface area contributed by atoms with Crippen LogP contribution >= 0.6 is 0 Å². The summed E-state index contributed by atoms with van der Waals surface area (Å²) in [6.45, 7) is 3.36. The molecule has 2 aromatic carbocycles. The van der Waals surface area contributed by atoms with Gasteiger partial charge in [-0.25, -0.2) is 4.98 Å². The second kappa shape index (κ2) is 10.3. The minimum absolute atomic E-state index is 0.115. The minimum atomic E-state index is -0.268. The average Bonchev–Trinajstić information content (AvgIpc) is 2.74. The van der Waals surface area contributed by atoms with Gasteiger partial charge in [-0.05, 0) is 36.1 Å². The Kier molecular flexibility index (Phi) is 7.22. The maximum absolute atomic E-state index is 11.7. The van der Waals surface area contributed by atoms with Crippen molar-refractivity contribution >= 4 is 11.8 Å². The first-order chi connectivity index (χ1) is 14.2. The van der Waals surface area contributed by atoms with Crippen LogP contribution in [-0.2, 0) is 29.0 Å². The Hall–Kier alpha value is -3.34. The van der Waals surface area contributed by atoms with Gasteiger partial charge in [0.2, 0.25) is 0 Å². The average molecular weight is 390 g/mol. The summed E-state index contributed by atoms with van der Waals surface area (Å²) in [5.41, 5.74) is 2.94. The fraction of sp³-hybridized carbons (Fsp3) is 0.250. The fourth-order valence-electron chi connectivity index (χ4n) is 3.20. The van der Waals surface area contributed by atoms with E-state index < -0.39 is 0 Å². The quantitative estimate of drug-likeness (QED) is 0.546. The van der Waals surface area contributed by atoms with Crippen molar-refractivity contribution in [3.05, 3.63) is 89.6 Å². The van der Waals surface area contributed by atoms with Gasteiger partial charge in [-0.3, -0.25) is 4.79 Å². The van der Waals surface area contributed by atoms with Gasteiger partial charge < -0.3 is 14.7 Å². The van der Waals surface area contributed by atoms with Gasteiger partial charge in [0, 0.05) is 25.7 Å². The number of hydrogen-bond donors (Lipinski definition) is 1. The lowest BCUT2D eigenvalue weighted by Gasteiger charge is -2.25. The van der Waals surface area contributed by atoms with E-state index in [1.807, 2.05) is 41.3 Å². The van der Waals surface area contributed by atoms with Crippen molar-refractivity contribution in [1.29, 1.82) is 0 Å². The Morgan fingerprint density at radius 1 is 0.966 bits per heavy atom. The second-order valence-corrected chi connectivity index (χ2v) is 6.77. The summed E-state index contributed by atoms with van der Waals surface area (Å²) in [6.07, 6.45) is 2.31. The summed E-state index contributed by atoms with van der Waals surface area (Å²) in [6, 6.07) is 21.9. The molecule has 150 valence electrons. The van der Waals surface area contributed by atoms with E-state index in [0.717, 1.165) is 11.1 Å². The van der Waals surface area contributed by atoms with Gasteiger partial charge in [0.25, 0.3) is 0 Å². The maximum atomic E-state index is 11.7. The first-order valence-electron chi connectivity index (χ1n) is 9.82. The summed E-state index contributed by atoms with van der Waals surface area (Å²) in [7, 11) is 0. The predicted molar refractivity (Wildman–Crippen MR) is 114 cm³/mol. The summed E-state index contributed by atoms with van der Waals surface area (Å²) in [4.78, 5) is 18.2. The molecule has 0 aliphatic rings. The highest BCUT2D eigenvalue weighted by Gasteiger charge is 2.17. The number of pyridine rings is 1. The van der Waals surface area contributed by atoms with Crippen LogP contribution < -0.4 is 4.90 Å². The van der Waals surface area contributed by atoms with E-state index in [9.17, 15) is 9.90 Å². The van der Waals surface area contributed by atoms with E-state index in [0.29, 0.717) is 37.5 Å². The first kappa shape index (κ1) is 20.4. The molecule has 0 saturated carbocycles. The third-order valence-corrected chi connectivity index (χ3v) is 4.62. The van der Waals surface area contributed by atoms with Crippen molar-refractivity contribution in [3.63, 3.8) is 0 Å². The summed E-state index contributed by atoms with van der Waals surface area (Å²) in [5.74, 6) is 0.360. The molecule has 1 aromatic heterocycles. The van der Waals surface area contributed by atoms with Crippen LogP contribution in [-0.4, -0.2) is 22.7 Å². The van der Waals surface area contributed by atoms with Crippen LogP contribution in [0.25, 0.3) is 0 Å². The van der Waals surface area contributed by atoms with Gasteiger partial charge in [-0.1, -0.05) is 60.7 Å². The number of aromatic hydroxyl groups is 1. The maximum Gasteiger partial charge on any atom is 0.306 e. The monoisotopic (exact) mass is 390 g/mol. The lowest BCUT2D eigenvalue weighted by molar-refractivity contribution is -0.143. The molecule has 5 heteroatoms. The molecule has 0 amide bonds. The van der Waals surface area contributed by atoms with Gasteiger partial charge in [0.1, 0.15) is 0 Å². The molecule has 0 fully saturated rings. The van der Waals surface area contributed by atoms with Crippen LogP contribution in [0.5, 0.6) is 5.75 Å². The Morgan fingerprint density at radius 2 is 1.55 bits per heavy atom. The van der Waals surface area contributed by atoms with Gasteiger partial charge >= 0.3 is 5.97 Å². The first-order valence-corrected chi connectivity index (χ1v) is 9.82. The molecule has 0 atom stereocenters. The van der Waals surface area contributed by atoms with Crippen molar-refractivity contribution in [2.24, 2.45) is 0 Å². The number of rotatable bonds is 9. The van der Waals surface area contributed by atoms with Crippen molar-refractivity contribution in [2.45, 2.75) is 32.9 Å². The number of aromatic nitrogens is 1. The van der Waals surface area contributed by atoms with Crippen LogP contribution in [0.4, 0.5) is 5.82 Å². The van der Waals surface area contributed by atoms with Crippen molar-refractivity contribution in [3.8, 4) is 5.75 Å². The molecule has 1 N–H and O–H groups in total. The van der Waals surface area contributed by atoms with Crippen LogP contribution in [0.3, 0.4) is 0 Å². The van der Waals surface area contributed by atoms with Gasteiger partial charge in [-0.15, -0.1) is 0 Å². The zero-order chi connectivity index (χ0) is 20.5. The summed E-state index contributed by atoms with van der Waals surface area (Å²) < 4.78 is 4.99. The molecule has 29 heavy (non-hydrogen) atoms. The Bertz CT molecular complexity index is 872. The van der Waals surface area contributed by atoms with Crippen molar-refractivity contribution in [1.82, 2.24) is 4.98 Å². The number of nitrogens with zero attached hydrogens (tertiary/aromatic N) is 2. The zero-order valence-corrected chi connectivity index (χ0v) is 16.6. The molecule has 0 radical (unpaired) electrons. The highest BCUT2D eigenvalue weighted by molar-refractivity contribution is 5.70. The third-order valence-electron chi connectivity index (χ3n) is 4.62. The molecule has 0 bridgehead atoms. The third kappa shape index (κ3) is 5.82. The topological polar surface area (TPSA) is 62.7 Å². The lowest BCUT2D eigenvalue weighted by atomic mass is 10.1. The number of esters is 1. The Morgan fingerprint density at radius 3 is 2.10 bits per heavy atom. The van der Waals surface area contributed by atoms with Crippen LogP contribution in [0, 0.1) is 0 Å². The molecular formula is C24H26N2O3. The molecule has 3 rings (SSSR count). The SMILES string of the molecule is CCOC(=O)CCc1ccnc(N(Cc2ccccc2)Cc2ccccc2)c1O. The van der Waals surface area contributed by atoms with E-state index in [1.54, 1.807) is 19.2 Å². The molecule has 3 aromatic rings. The predicted octanol–water partition coefficient (Wildman–Crippen LogP) is 4.49. The Balaban J connectivity index is 1.86. The molecule has 0 unspecified atom stereocenters. The van der Waals surface area contributed by atoms with Crippen molar-refractivity contribution in [2.75, 3.05) is 11.5 Å². The normalized spacial score (nSPS) is 10.5. The van der Waals surface area contributed by atoms with E-state index >= 15 is 0 Å². The number of benzene rings is 2. The highest BCUT2D eigenvalue weighted by Crippen LogP contribution is 2.31. The number of anilines is 1. The molecule has 0 saturated heterocycles. The number of carbonyl (C=O) groups is 1. The fourth-order valence-corrected chi connectivity index (χ4v) is 3.20. The highest BCUT2D eigenvalue weighted by atomic mass is 16.5. The minimum Gasteiger partial charge on any atom is -0.504 e. The van der Waals surface area contributed by atoms with E-state index in [1.165, 1.54) is 0 Å². The molecular weight excluding hydrogens is 364 g/mol. The van der Waals surface area contributed by atoms with E-state index in [2.05, 4.69) is 29.2 Å². The van der Waals surface area contributed by atoms with Gasteiger partial charge in [-0.2, -0.15) is 0 Å². The zero-order valence-electron chi connectivity index (χ0n) is 16.6. The lowest BCUT2D eigenvalue weighted by Crippen LogP contribution is -2.23.